The highest BCUT2D eigenvalue weighted by Gasteiger charge is 2.13. The average molecular weight is 379 g/mol. The number of aliphatic hydroxyl groups is 1. The van der Waals surface area contributed by atoms with E-state index in [2.05, 4.69) is 25.4 Å². The van der Waals surface area contributed by atoms with E-state index >= 15 is 0 Å². The lowest BCUT2D eigenvalue weighted by Gasteiger charge is -2.06. The number of rotatable bonds is 7. The summed E-state index contributed by atoms with van der Waals surface area (Å²) in [6, 6.07) is 11.3. The number of allylic oxidation sites excluding steroid dienone is 1. The zero-order valence-corrected chi connectivity index (χ0v) is 14.9. The molecular formula is C19H17N5O4. The number of hydrogen-bond donors (Lipinski definition) is 2. The van der Waals surface area contributed by atoms with Gasteiger partial charge in [0.1, 0.15) is 5.76 Å². The maximum absolute atomic E-state index is 12.0. The number of nitrogens with zero attached hydrogens (tertiary/aromatic N) is 4. The Kier molecular flexibility index (Phi) is 5.75. The van der Waals surface area contributed by atoms with Gasteiger partial charge in [-0.15, -0.1) is 10.2 Å². The van der Waals surface area contributed by atoms with Crippen molar-refractivity contribution in [2.24, 2.45) is 0 Å². The van der Waals surface area contributed by atoms with Gasteiger partial charge in [-0.05, 0) is 22.9 Å². The molecule has 2 N–H and O–H groups in total. The molecule has 0 saturated carbocycles. The zero-order valence-electron chi connectivity index (χ0n) is 14.9. The van der Waals surface area contributed by atoms with E-state index in [1.807, 2.05) is 34.9 Å². The SMILES string of the molecule is COC(=O)C=Cc1cc(C(O)=CC(=O)c2nn[nH]n2)cn1Cc1ccccc1. The summed E-state index contributed by atoms with van der Waals surface area (Å²) in [5.41, 5.74) is 2.08. The third-order valence-electron chi connectivity index (χ3n) is 3.85. The van der Waals surface area contributed by atoms with E-state index in [0.717, 1.165) is 11.6 Å². The smallest absolute Gasteiger partial charge is 0.330 e. The van der Waals surface area contributed by atoms with Crippen LogP contribution in [0.25, 0.3) is 11.8 Å². The first kappa shape index (κ1) is 18.8. The highest BCUT2D eigenvalue weighted by molar-refractivity contribution is 6.05. The van der Waals surface area contributed by atoms with Gasteiger partial charge in [0.15, 0.2) is 0 Å². The van der Waals surface area contributed by atoms with Crippen molar-refractivity contribution in [2.75, 3.05) is 7.11 Å². The van der Waals surface area contributed by atoms with Gasteiger partial charge in [-0.2, -0.15) is 5.21 Å². The van der Waals surface area contributed by atoms with Gasteiger partial charge in [-0.1, -0.05) is 30.3 Å². The van der Waals surface area contributed by atoms with Crippen LogP contribution in [0.4, 0.5) is 0 Å². The highest BCUT2D eigenvalue weighted by Crippen LogP contribution is 2.19. The van der Waals surface area contributed by atoms with Crippen LogP contribution in [0.3, 0.4) is 0 Å². The number of aromatic amines is 1. The molecule has 0 fully saturated rings. The van der Waals surface area contributed by atoms with Crippen LogP contribution >= 0.6 is 0 Å². The molecule has 142 valence electrons. The lowest BCUT2D eigenvalue weighted by atomic mass is 10.2. The Morgan fingerprint density at radius 1 is 1.29 bits per heavy atom. The molecular weight excluding hydrogens is 362 g/mol. The molecule has 9 nitrogen and oxygen atoms in total. The molecule has 0 unspecified atom stereocenters. The van der Waals surface area contributed by atoms with Crippen molar-refractivity contribution in [3.05, 3.63) is 77.4 Å². The van der Waals surface area contributed by atoms with Gasteiger partial charge in [0.25, 0.3) is 0 Å². The molecule has 0 bridgehead atoms. The molecule has 0 amide bonds. The number of aromatic nitrogens is 5. The van der Waals surface area contributed by atoms with Gasteiger partial charge in [0.05, 0.1) is 7.11 Å². The van der Waals surface area contributed by atoms with Crippen molar-refractivity contribution >= 4 is 23.6 Å². The minimum Gasteiger partial charge on any atom is -0.507 e. The van der Waals surface area contributed by atoms with E-state index in [1.165, 1.54) is 13.2 Å². The number of nitrogens with one attached hydrogen (secondary N) is 1. The maximum atomic E-state index is 12.0. The number of carbonyl (C=O) groups excluding carboxylic acids is 2. The van der Waals surface area contributed by atoms with Crippen LogP contribution in [0, 0.1) is 0 Å². The predicted octanol–water partition coefficient (Wildman–Crippen LogP) is 2.02. The van der Waals surface area contributed by atoms with Gasteiger partial charge < -0.3 is 14.4 Å². The first-order valence-corrected chi connectivity index (χ1v) is 8.25. The monoisotopic (exact) mass is 379 g/mol. The molecule has 0 saturated heterocycles. The first-order chi connectivity index (χ1) is 13.6. The average Bonchev–Trinajstić information content (AvgIpc) is 3.37. The Labute approximate surface area is 160 Å². The number of H-pyrrole nitrogens is 1. The number of carbonyl (C=O) groups is 2. The van der Waals surface area contributed by atoms with Crippen LogP contribution in [-0.2, 0) is 16.1 Å². The number of methoxy groups -OCH3 is 1. The second-order valence-corrected chi connectivity index (χ2v) is 5.75. The summed E-state index contributed by atoms with van der Waals surface area (Å²) in [5.74, 6) is -1.50. The fourth-order valence-corrected chi connectivity index (χ4v) is 2.48. The lowest BCUT2D eigenvalue weighted by Crippen LogP contribution is -2.01. The molecule has 0 aliphatic rings. The Morgan fingerprint density at radius 2 is 2.07 bits per heavy atom. The molecule has 28 heavy (non-hydrogen) atoms. The fourth-order valence-electron chi connectivity index (χ4n) is 2.48. The fraction of sp³-hybridized carbons (Fsp3) is 0.105. The third kappa shape index (κ3) is 4.58. The number of tetrazole rings is 1. The minimum atomic E-state index is -0.589. The molecule has 0 spiro atoms. The molecule has 0 radical (unpaired) electrons. The summed E-state index contributed by atoms with van der Waals surface area (Å²) in [5, 5.41) is 23.0. The number of esters is 1. The number of ether oxygens (including phenoxy) is 1. The molecule has 0 atom stereocenters. The normalized spacial score (nSPS) is 11.7. The Hall–Kier alpha value is -4.01. The first-order valence-electron chi connectivity index (χ1n) is 8.25. The zero-order chi connectivity index (χ0) is 19.9. The van der Waals surface area contributed by atoms with Crippen LogP contribution in [0.15, 0.2) is 54.7 Å². The molecule has 3 aromatic rings. The number of hydrogen-bond acceptors (Lipinski definition) is 7. The summed E-state index contributed by atoms with van der Waals surface area (Å²) >= 11 is 0. The molecule has 1 aromatic carbocycles. The molecule has 0 aliphatic carbocycles. The van der Waals surface area contributed by atoms with Crippen molar-refractivity contribution < 1.29 is 19.4 Å². The minimum absolute atomic E-state index is 0.152. The third-order valence-corrected chi connectivity index (χ3v) is 3.85. The topological polar surface area (TPSA) is 123 Å². The lowest BCUT2D eigenvalue weighted by molar-refractivity contribution is -0.134. The van der Waals surface area contributed by atoms with Gasteiger partial charge in [-0.3, -0.25) is 4.79 Å². The van der Waals surface area contributed by atoms with E-state index in [4.69, 9.17) is 0 Å². The Morgan fingerprint density at radius 3 is 2.75 bits per heavy atom. The van der Waals surface area contributed by atoms with Crippen molar-refractivity contribution in [3.63, 3.8) is 0 Å². The number of benzene rings is 1. The van der Waals surface area contributed by atoms with Gasteiger partial charge in [0, 0.05) is 36.2 Å². The van der Waals surface area contributed by atoms with Crippen LogP contribution < -0.4 is 0 Å². The Bertz CT molecular complexity index is 1020. The van der Waals surface area contributed by atoms with E-state index in [9.17, 15) is 14.7 Å². The molecule has 2 heterocycles. The molecule has 0 aliphatic heterocycles. The van der Waals surface area contributed by atoms with Crippen molar-refractivity contribution in [1.82, 2.24) is 25.2 Å². The molecule has 9 heteroatoms. The van der Waals surface area contributed by atoms with Crippen molar-refractivity contribution in [2.45, 2.75) is 6.54 Å². The summed E-state index contributed by atoms with van der Waals surface area (Å²) in [4.78, 5) is 23.4. The summed E-state index contributed by atoms with van der Waals surface area (Å²) in [7, 11) is 1.29. The van der Waals surface area contributed by atoms with Crippen LogP contribution in [0.2, 0.25) is 0 Å². The van der Waals surface area contributed by atoms with E-state index in [-0.39, 0.29) is 11.6 Å². The van der Waals surface area contributed by atoms with Crippen molar-refractivity contribution in [3.8, 4) is 0 Å². The Balaban J connectivity index is 1.92. The predicted molar refractivity (Wildman–Crippen MR) is 100 cm³/mol. The standard InChI is InChI=1S/C19H17N5O4/c1-28-18(27)8-7-15-9-14(12-24(15)11-13-5-3-2-4-6-13)16(25)10-17(26)19-20-22-23-21-19/h2-10,12,25H,11H2,1H3,(H,20,21,22,23). The molecule has 2 aromatic heterocycles. The highest BCUT2D eigenvalue weighted by atomic mass is 16.5. The maximum Gasteiger partial charge on any atom is 0.330 e. The van der Waals surface area contributed by atoms with E-state index < -0.39 is 11.8 Å². The van der Waals surface area contributed by atoms with E-state index in [1.54, 1.807) is 18.3 Å². The molecule has 3 rings (SSSR count). The van der Waals surface area contributed by atoms with Crippen molar-refractivity contribution in [1.29, 1.82) is 0 Å². The van der Waals surface area contributed by atoms with Crippen LogP contribution in [-0.4, -0.2) is 49.2 Å². The van der Waals surface area contributed by atoms with Crippen LogP contribution in [0.5, 0.6) is 0 Å². The second kappa shape index (κ2) is 8.58. The summed E-state index contributed by atoms with van der Waals surface area (Å²) in [6.45, 7) is 0.508. The quantitative estimate of drug-likeness (QED) is 0.279. The largest absolute Gasteiger partial charge is 0.507 e. The van der Waals surface area contributed by atoms with Gasteiger partial charge >= 0.3 is 5.97 Å². The summed E-state index contributed by atoms with van der Waals surface area (Å²) in [6.07, 6.45) is 5.55. The van der Waals surface area contributed by atoms with Gasteiger partial charge in [0.2, 0.25) is 11.6 Å². The number of aliphatic hydroxyl groups excluding tert-OH is 1. The van der Waals surface area contributed by atoms with Gasteiger partial charge in [-0.25, -0.2) is 4.79 Å². The number of ketones is 1. The van der Waals surface area contributed by atoms with Crippen LogP contribution in [0.1, 0.15) is 27.4 Å². The van der Waals surface area contributed by atoms with E-state index in [0.29, 0.717) is 17.8 Å². The summed E-state index contributed by atoms with van der Waals surface area (Å²) < 4.78 is 6.46. The second-order valence-electron chi connectivity index (χ2n) is 5.75.